The zero-order valence-corrected chi connectivity index (χ0v) is 17.9. The molecule has 12 heteroatoms. The minimum absolute atomic E-state index is 0.253. The minimum Gasteiger partial charge on any atom is -0.377 e. The van der Waals surface area contributed by atoms with Gasteiger partial charge in [-0.1, -0.05) is 0 Å². The number of carbonyl (C=O) groups is 1. The molecule has 4 heterocycles. The molecule has 3 aliphatic heterocycles. The number of likely N-dealkylation sites (tertiary alicyclic amines) is 1. The number of halogens is 4. The Hall–Kier alpha value is -2.37. The summed E-state index contributed by atoms with van der Waals surface area (Å²) in [5, 5.41) is 0. The maximum atomic E-state index is 15.0. The number of amides is 1. The van der Waals surface area contributed by atoms with Crippen LogP contribution in [0.3, 0.4) is 0 Å². The van der Waals surface area contributed by atoms with Gasteiger partial charge in [0.1, 0.15) is 12.6 Å². The van der Waals surface area contributed by atoms with Gasteiger partial charge in [0.05, 0.1) is 19.3 Å². The molecule has 0 unspecified atom stereocenters. The first-order valence-electron chi connectivity index (χ1n) is 10.9. The van der Waals surface area contributed by atoms with Crippen LogP contribution in [-0.4, -0.2) is 78.0 Å². The van der Waals surface area contributed by atoms with Crippen LogP contribution in [0.25, 0.3) is 0 Å². The van der Waals surface area contributed by atoms with Crippen LogP contribution in [-0.2, 0) is 16.1 Å². The molecule has 32 heavy (non-hydrogen) atoms. The lowest BCUT2D eigenvalue weighted by Crippen LogP contribution is -2.56. The highest BCUT2D eigenvalue weighted by Gasteiger charge is 2.48. The van der Waals surface area contributed by atoms with Crippen LogP contribution in [0.2, 0.25) is 0 Å². The van der Waals surface area contributed by atoms with Crippen molar-refractivity contribution in [1.29, 1.82) is 0 Å². The molecular formula is C20H27F4N5O3. The fourth-order valence-electron chi connectivity index (χ4n) is 4.62. The third-order valence-corrected chi connectivity index (χ3v) is 6.37. The molecule has 0 aliphatic carbocycles. The third-order valence-electron chi connectivity index (χ3n) is 6.37. The summed E-state index contributed by atoms with van der Waals surface area (Å²) in [5.41, 5.74) is -1.03. The van der Waals surface area contributed by atoms with Gasteiger partial charge in [-0.25, -0.2) is 0 Å². The summed E-state index contributed by atoms with van der Waals surface area (Å²) < 4.78 is 62.9. The number of ether oxygens (including phenoxy) is 1. The van der Waals surface area contributed by atoms with Gasteiger partial charge in [-0.2, -0.15) is 22.5 Å². The monoisotopic (exact) mass is 461 g/mol. The number of aromatic nitrogens is 2. The molecule has 1 aromatic rings. The number of anilines is 2. The molecule has 8 nitrogen and oxygen atoms in total. The molecule has 1 aromatic heterocycles. The van der Waals surface area contributed by atoms with Crippen molar-refractivity contribution in [3.63, 3.8) is 0 Å². The van der Waals surface area contributed by atoms with Gasteiger partial charge in [-0.05, 0) is 32.6 Å². The maximum Gasteiger partial charge on any atom is 0.408 e. The van der Waals surface area contributed by atoms with E-state index in [1.165, 1.54) is 4.90 Å². The molecule has 2 fully saturated rings. The van der Waals surface area contributed by atoms with Gasteiger partial charge >= 0.3 is 6.18 Å². The Morgan fingerprint density at radius 3 is 2.53 bits per heavy atom. The van der Waals surface area contributed by atoms with Crippen molar-refractivity contribution >= 4 is 17.7 Å². The quantitative estimate of drug-likeness (QED) is 0.639. The van der Waals surface area contributed by atoms with Gasteiger partial charge in [0.25, 0.3) is 5.56 Å². The van der Waals surface area contributed by atoms with Gasteiger partial charge in [0.15, 0.2) is 5.82 Å². The predicted octanol–water partition coefficient (Wildman–Crippen LogP) is 1.76. The molecule has 2 saturated heterocycles. The van der Waals surface area contributed by atoms with Gasteiger partial charge < -0.3 is 19.4 Å². The number of nitrogens with zero attached hydrogens (tertiary/aromatic N) is 5. The van der Waals surface area contributed by atoms with Crippen LogP contribution in [0, 0.1) is 5.82 Å². The van der Waals surface area contributed by atoms with E-state index in [2.05, 4.69) is 4.98 Å². The van der Waals surface area contributed by atoms with Crippen LogP contribution in [0.5, 0.6) is 0 Å². The molecule has 4 rings (SSSR count). The Kier molecular flexibility index (Phi) is 6.33. The summed E-state index contributed by atoms with van der Waals surface area (Å²) in [7, 11) is 0. The molecule has 0 bridgehead atoms. The molecule has 0 aromatic carbocycles. The number of morpholine rings is 1. The molecule has 178 valence electrons. The molecule has 2 atom stereocenters. The predicted molar refractivity (Wildman–Crippen MR) is 108 cm³/mol. The van der Waals surface area contributed by atoms with Crippen molar-refractivity contribution in [3.8, 4) is 0 Å². The average Bonchev–Trinajstić information content (AvgIpc) is 2.76. The Balaban J connectivity index is 1.75. The smallest absolute Gasteiger partial charge is 0.377 e. The molecular weight excluding hydrogens is 434 g/mol. The van der Waals surface area contributed by atoms with E-state index in [1.807, 2.05) is 0 Å². The number of alkyl halides is 3. The summed E-state index contributed by atoms with van der Waals surface area (Å²) in [4.78, 5) is 33.7. The van der Waals surface area contributed by atoms with E-state index in [0.29, 0.717) is 13.1 Å². The first-order valence-corrected chi connectivity index (χ1v) is 10.9. The Bertz CT molecular complexity index is 916. The van der Waals surface area contributed by atoms with Crippen LogP contribution >= 0.6 is 0 Å². The van der Waals surface area contributed by atoms with Gasteiger partial charge in [0, 0.05) is 26.2 Å². The zero-order chi connectivity index (χ0) is 23.0. The second-order valence-electron chi connectivity index (χ2n) is 8.54. The van der Waals surface area contributed by atoms with Gasteiger partial charge in [-0.15, -0.1) is 0 Å². The first kappa shape index (κ1) is 22.8. The van der Waals surface area contributed by atoms with E-state index >= 15 is 0 Å². The number of piperidine rings is 1. The third kappa shape index (κ3) is 4.28. The summed E-state index contributed by atoms with van der Waals surface area (Å²) in [6.07, 6.45) is -2.52. The van der Waals surface area contributed by atoms with Crippen molar-refractivity contribution in [2.45, 2.75) is 57.4 Å². The Morgan fingerprint density at radius 1 is 1.16 bits per heavy atom. The van der Waals surface area contributed by atoms with Gasteiger partial charge in [0.2, 0.25) is 17.7 Å². The summed E-state index contributed by atoms with van der Waals surface area (Å²) in [5.74, 6) is -2.16. The highest BCUT2D eigenvalue weighted by Crippen LogP contribution is 2.35. The van der Waals surface area contributed by atoms with Crippen LogP contribution in [0.15, 0.2) is 4.79 Å². The normalized spacial score (nSPS) is 24.5. The standard InChI is InChI=1S/C20H27F4N5O3/c1-13-12-32-10-9-27(13)17-16(21)18(31)28-8-5-14(20(22,23)24)29(19(28)25-17)11-15(30)26-6-3-2-4-7-26/h13-14H,2-12H2,1H3/t13-,14+/m1/s1. The Labute approximate surface area is 182 Å². The maximum absolute atomic E-state index is 15.0. The lowest BCUT2D eigenvalue weighted by atomic mass is 10.1. The molecule has 0 spiro atoms. The fourth-order valence-corrected chi connectivity index (χ4v) is 4.62. The van der Waals surface area contributed by atoms with E-state index in [4.69, 9.17) is 4.74 Å². The average molecular weight is 461 g/mol. The number of hydrogen-bond donors (Lipinski definition) is 0. The molecule has 0 radical (unpaired) electrons. The number of fused-ring (bicyclic) bond motifs is 1. The fraction of sp³-hybridized carbons (Fsp3) is 0.750. The van der Waals surface area contributed by atoms with E-state index in [-0.39, 0.29) is 44.1 Å². The van der Waals surface area contributed by atoms with Crippen molar-refractivity contribution in [2.24, 2.45) is 0 Å². The largest absolute Gasteiger partial charge is 0.408 e. The number of carbonyl (C=O) groups excluding carboxylic acids is 1. The van der Waals surface area contributed by atoms with Crippen molar-refractivity contribution in [3.05, 3.63) is 16.2 Å². The van der Waals surface area contributed by atoms with E-state index in [0.717, 1.165) is 28.7 Å². The lowest BCUT2D eigenvalue weighted by molar-refractivity contribution is -0.154. The topological polar surface area (TPSA) is 70.9 Å². The zero-order valence-electron chi connectivity index (χ0n) is 17.9. The summed E-state index contributed by atoms with van der Waals surface area (Å²) >= 11 is 0. The Morgan fingerprint density at radius 2 is 1.88 bits per heavy atom. The van der Waals surface area contributed by atoms with Crippen molar-refractivity contribution < 1.29 is 27.1 Å². The van der Waals surface area contributed by atoms with Crippen molar-refractivity contribution in [1.82, 2.24) is 14.5 Å². The number of rotatable bonds is 3. The van der Waals surface area contributed by atoms with Crippen LogP contribution in [0.1, 0.15) is 32.6 Å². The van der Waals surface area contributed by atoms with E-state index in [9.17, 15) is 27.2 Å². The van der Waals surface area contributed by atoms with E-state index < -0.39 is 42.5 Å². The number of hydrogen-bond acceptors (Lipinski definition) is 6. The molecule has 3 aliphatic rings. The summed E-state index contributed by atoms with van der Waals surface area (Å²) in [6, 6.07) is -2.29. The second-order valence-corrected chi connectivity index (χ2v) is 8.54. The lowest BCUT2D eigenvalue weighted by Gasteiger charge is -2.41. The highest BCUT2D eigenvalue weighted by atomic mass is 19.4. The van der Waals surface area contributed by atoms with Crippen molar-refractivity contribution in [2.75, 3.05) is 49.2 Å². The first-order chi connectivity index (χ1) is 15.2. The van der Waals surface area contributed by atoms with E-state index in [1.54, 1.807) is 11.8 Å². The molecule has 0 saturated carbocycles. The van der Waals surface area contributed by atoms with Crippen LogP contribution < -0.4 is 15.4 Å². The molecule has 0 N–H and O–H groups in total. The molecule has 1 amide bonds. The highest BCUT2D eigenvalue weighted by molar-refractivity contribution is 5.81. The SMILES string of the molecule is C[C@@H]1COCCN1c1nc2n(c(=O)c1F)CC[C@@H](C(F)(F)F)N2CC(=O)N1CCCCC1. The summed E-state index contributed by atoms with van der Waals surface area (Å²) in [6.45, 7) is 2.66. The second kappa shape index (κ2) is 8.87. The van der Waals surface area contributed by atoms with Crippen LogP contribution in [0.4, 0.5) is 29.3 Å². The minimum atomic E-state index is -4.63. The van der Waals surface area contributed by atoms with Gasteiger partial charge in [-0.3, -0.25) is 14.2 Å².